The number of hydrogen-bond donors (Lipinski definition) is 0. The summed E-state index contributed by atoms with van der Waals surface area (Å²) in [6.45, 7) is 3.94. The zero-order chi connectivity index (χ0) is 23.2. The molecule has 1 saturated heterocycles. The van der Waals surface area contributed by atoms with E-state index in [1.165, 1.54) is 27.8 Å². The van der Waals surface area contributed by atoms with Crippen LogP contribution in [0.4, 0.5) is 5.69 Å². The molecule has 8 nitrogen and oxygen atoms in total. The van der Waals surface area contributed by atoms with Crippen LogP contribution in [0.2, 0.25) is 0 Å². The van der Waals surface area contributed by atoms with Gasteiger partial charge in [0.15, 0.2) is 0 Å². The normalized spacial score (nSPS) is 20.9. The smallest absolute Gasteiger partial charge is 0.246 e. The average molecular weight is 470 g/mol. The molecule has 3 heterocycles. The fourth-order valence-electron chi connectivity index (χ4n) is 5.01. The third-order valence-corrected chi connectivity index (χ3v) is 8.60. The van der Waals surface area contributed by atoms with Crippen molar-refractivity contribution in [3.05, 3.63) is 59.2 Å². The minimum Gasteiger partial charge on any atom is -0.379 e. The van der Waals surface area contributed by atoms with Crippen LogP contribution in [0, 0.1) is 0 Å². The lowest BCUT2D eigenvalue weighted by Gasteiger charge is -2.33. The number of hydrogen-bond acceptors (Lipinski definition) is 5. The van der Waals surface area contributed by atoms with Gasteiger partial charge < -0.3 is 9.64 Å². The molecule has 0 aromatic heterocycles. The fraction of sp³-hybridized carbons (Fsp3) is 0.417. The minimum absolute atomic E-state index is 0.103. The summed E-state index contributed by atoms with van der Waals surface area (Å²) in [6, 6.07) is 12.2. The van der Waals surface area contributed by atoms with E-state index in [1.54, 1.807) is 17.0 Å². The van der Waals surface area contributed by atoms with Crippen molar-refractivity contribution in [3.8, 4) is 0 Å². The number of morpholine rings is 1. The molecule has 2 amide bonds. The summed E-state index contributed by atoms with van der Waals surface area (Å²) in [7, 11) is -3.66. The van der Waals surface area contributed by atoms with Crippen LogP contribution in [0.1, 0.15) is 23.6 Å². The van der Waals surface area contributed by atoms with Crippen molar-refractivity contribution in [2.24, 2.45) is 0 Å². The van der Waals surface area contributed by atoms with Crippen molar-refractivity contribution in [1.29, 1.82) is 0 Å². The van der Waals surface area contributed by atoms with E-state index < -0.39 is 16.1 Å². The summed E-state index contributed by atoms with van der Waals surface area (Å²) in [4.78, 5) is 29.6. The highest BCUT2D eigenvalue weighted by atomic mass is 32.2. The lowest BCUT2D eigenvalue weighted by molar-refractivity contribution is -0.135. The number of carbonyl (C=O) groups is 2. The van der Waals surface area contributed by atoms with E-state index in [2.05, 4.69) is 6.07 Å². The lowest BCUT2D eigenvalue weighted by Crippen LogP contribution is -2.50. The molecule has 3 aliphatic rings. The van der Waals surface area contributed by atoms with Crippen LogP contribution in [0.5, 0.6) is 0 Å². The summed E-state index contributed by atoms with van der Waals surface area (Å²) < 4.78 is 32.9. The van der Waals surface area contributed by atoms with Gasteiger partial charge in [0, 0.05) is 45.2 Å². The maximum Gasteiger partial charge on any atom is 0.246 e. The Hall–Kier alpha value is -2.75. The van der Waals surface area contributed by atoms with Crippen LogP contribution < -0.4 is 4.90 Å². The number of ether oxygens (including phenoxy) is 1. The van der Waals surface area contributed by atoms with Gasteiger partial charge in [-0.2, -0.15) is 4.31 Å². The number of amides is 2. The molecule has 0 spiro atoms. The number of sulfonamides is 1. The second-order valence-electron chi connectivity index (χ2n) is 8.69. The SMILES string of the molecule is CC(=O)N1c2ccc(S(=O)(=O)N3CCOCC3)cc2C[C@@H]1C(=O)N1CCc2ccccc2C1. The first-order valence-electron chi connectivity index (χ1n) is 11.2. The molecule has 33 heavy (non-hydrogen) atoms. The minimum atomic E-state index is -3.66. The first kappa shape index (κ1) is 22.1. The highest BCUT2D eigenvalue weighted by Gasteiger charge is 2.40. The first-order valence-corrected chi connectivity index (χ1v) is 12.7. The second-order valence-corrected chi connectivity index (χ2v) is 10.6. The number of nitrogens with zero attached hydrogens (tertiary/aromatic N) is 3. The molecule has 0 bridgehead atoms. The monoisotopic (exact) mass is 469 g/mol. The number of rotatable bonds is 3. The highest BCUT2D eigenvalue weighted by Crippen LogP contribution is 2.36. The van der Waals surface area contributed by atoms with Crippen molar-refractivity contribution in [2.75, 3.05) is 37.7 Å². The quantitative estimate of drug-likeness (QED) is 0.681. The molecule has 0 unspecified atom stereocenters. The molecule has 0 radical (unpaired) electrons. The summed E-state index contributed by atoms with van der Waals surface area (Å²) in [5.74, 6) is -0.332. The van der Waals surface area contributed by atoms with Crippen LogP contribution in [0.3, 0.4) is 0 Å². The highest BCUT2D eigenvalue weighted by molar-refractivity contribution is 7.89. The molecule has 174 valence electrons. The Morgan fingerprint density at radius 3 is 2.42 bits per heavy atom. The van der Waals surface area contributed by atoms with Crippen molar-refractivity contribution in [3.63, 3.8) is 0 Å². The third kappa shape index (κ3) is 3.94. The van der Waals surface area contributed by atoms with Crippen LogP contribution in [-0.4, -0.2) is 68.3 Å². The number of anilines is 1. The van der Waals surface area contributed by atoms with E-state index in [0.29, 0.717) is 57.1 Å². The van der Waals surface area contributed by atoms with E-state index >= 15 is 0 Å². The van der Waals surface area contributed by atoms with Gasteiger partial charge in [0.05, 0.1) is 18.1 Å². The van der Waals surface area contributed by atoms with Gasteiger partial charge in [-0.25, -0.2) is 8.42 Å². The maximum absolute atomic E-state index is 13.5. The van der Waals surface area contributed by atoms with Gasteiger partial charge in [0.1, 0.15) is 6.04 Å². The molecular weight excluding hydrogens is 442 g/mol. The Labute approximate surface area is 193 Å². The number of carbonyl (C=O) groups excluding carboxylic acids is 2. The van der Waals surface area contributed by atoms with Gasteiger partial charge in [-0.3, -0.25) is 14.5 Å². The maximum atomic E-state index is 13.5. The van der Waals surface area contributed by atoms with E-state index in [9.17, 15) is 18.0 Å². The molecule has 3 aliphatic heterocycles. The topological polar surface area (TPSA) is 87.2 Å². The predicted octanol–water partition coefficient (Wildman–Crippen LogP) is 1.57. The molecule has 9 heteroatoms. The summed E-state index contributed by atoms with van der Waals surface area (Å²) >= 11 is 0. The van der Waals surface area contributed by atoms with E-state index in [4.69, 9.17) is 4.74 Å². The number of fused-ring (bicyclic) bond motifs is 2. The third-order valence-electron chi connectivity index (χ3n) is 6.71. The van der Waals surface area contributed by atoms with Gasteiger partial charge in [-0.05, 0) is 41.3 Å². The average Bonchev–Trinajstić information content (AvgIpc) is 3.23. The van der Waals surface area contributed by atoms with Crippen molar-refractivity contribution < 1.29 is 22.7 Å². The summed E-state index contributed by atoms with van der Waals surface area (Å²) in [5, 5.41) is 0. The standard InChI is InChI=1S/C24H27N3O5S/c1-17(28)27-22-7-6-21(33(30,31)26-10-12-32-13-11-26)14-20(22)15-23(27)24(29)25-9-8-18-4-2-3-5-19(18)16-25/h2-7,14,23H,8-13,15-16H2,1H3/t23-/m1/s1. The van der Waals surface area contributed by atoms with Crippen LogP contribution in [0.25, 0.3) is 0 Å². The molecule has 0 N–H and O–H groups in total. The molecule has 2 aromatic rings. The molecule has 2 aromatic carbocycles. The summed E-state index contributed by atoms with van der Waals surface area (Å²) in [6.07, 6.45) is 1.09. The molecular formula is C24H27N3O5S. The Morgan fingerprint density at radius 2 is 1.70 bits per heavy atom. The van der Waals surface area contributed by atoms with Crippen LogP contribution >= 0.6 is 0 Å². The predicted molar refractivity (Wildman–Crippen MR) is 122 cm³/mol. The molecule has 1 fully saturated rings. The van der Waals surface area contributed by atoms with E-state index in [-0.39, 0.29) is 16.7 Å². The fourth-order valence-corrected chi connectivity index (χ4v) is 6.46. The van der Waals surface area contributed by atoms with Gasteiger partial charge in [-0.1, -0.05) is 24.3 Å². The van der Waals surface area contributed by atoms with Gasteiger partial charge >= 0.3 is 0 Å². The van der Waals surface area contributed by atoms with Gasteiger partial charge in [-0.15, -0.1) is 0 Å². The van der Waals surface area contributed by atoms with E-state index in [0.717, 1.165) is 12.0 Å². The van der Waals surface area contributed by atoms with Crippen molar-refractivity contribution >= 4 is 27.5 Å². The molecule has 5 rings (SSSR count). The second kappa shape index (κ2) is 8.55. The lowest BCUT2D eigenvalue weighted by atomic mass is 9.99. The Morgan fingerprint density at radius 1 is 0.970 bits per heavy atom. The summed E-state index contributed by atoms with van der Waals surface area (Å²) in [5.41, 5.74) is 3.69. The van der Waals surface area contributed by atoms with E-state index in [1.807, 2.05) is 18.2 Å². The molecule has 0 saturated carbocycles. The van der Waals surface area contributed by atoms with Gasteiger partial charge in [0.25, 0.3) is 0 Å². The molecule has 0 aliphatic carbocycles. The van der Waals surface area contributed by atoms with Crippen molar-refractivity contribution in [1.82, 2.24) is 9.21 Å². The zero-order valence-corrected chi connectivity index (χ0v) is 19.4. The molecule has 1 atom stereocenters. The zero-order valence-electron chi connectivity index (χ0n) is 18.6. The van der Waals surface area contributed by atoms with Gasteiger partial charge in [0.2, 0.25) is 21.8 Å². The van der Waals surface area contributed by atoms with Crippen LogP contribution in [-0.2, 0) is 43.7 Å². The number of benzene rings is 2. The Kier molecular flexibility index (Phi) is 5.72. The Bertz CT molecular complexity index is 1210. The van der Waals surface area contributed by atoms with Crippen LogP contribution in [0.15, 0.2) is 47.4 Å². The Balaban J connectivity index is 1.41. The first-order chi connectivity index (χ1) is 15.9. The van der Waals surface area contributed by atoms with Crippen molar-refractivity contribution in [2.45, 2.75) is 37.2 Å². The largest absolute Gasteiger partial charge is 0.379 e.